The summed E-state index contributed by atoms with van der Waals surface area (Å²) in [6.07, 6.45) is 7.73. The summed E-state index contributed by atoms with van der Waals surface area (Å²) < 4.78 is 0. The Morgan fingerprint density at radius 3 is 2.33 bits per heavy atom. The summed E-state index contributed by atoms with van der Waals surface area (Å²) >= 11 is 0. The van der Waals surface area contributed by atoms with Gasteiger partial charge in [-0.05, 0) is 49.2 Å². The van der Waals surface area contributed by atoms with Crippen LogP contribution < -0.4 is 5.32 Å². The van der Waals surface area contributed by atoms with Crippen LogP contribution in [0.2, 0.25) is 0 Å². The number of rotatable bonds is 11. The molecule has 0 saturated carbocycles. The fourth-order valence-electron chi connectivity index (χ4n) is 2.77. The molecule has 2 aromatic rings. The van der Waals surface area contributed by atoms with Gasteiger partial charge in [-0.25, -0.2) is 0 Å². The Kier molecular flexibility index (Phi) is 8.42. The Hall–Kier alpha value is -2.76. The highest BCUT2D eigenvalue weighted by molar-refractivity contribution is 5.56. The molecule has 1 N–H and O–H groups in total. The van der Waals surface area contributed by atoms with E-state index in [2.05, 4.69) is 28.5 Å². The molecule has 6 nitrogen and oxygen atoms in total. The molecule has 0 fully saturated rings. The molecule has 0 aliphatic carbocycles. The molecule has 0 saturated heterocycles. The molecule has 0 spiro atoms. The molecular weight excluding hydrogens is 340 g/mol. The van der Waals surface area contributed by atoms with Crippen molar-refractivity contribution in [1.82, 2.24) is 0 Å². The Labute approximate surface area is 160 Å². The SMILES string of the molecule is CCCCCCCCNc1ccc(N=Nc2ccc([N+](=O)[O-])cc2)c(C)c1. The number of anilines is 1. The first kappa shape index (κ1) is 20.6. The monoisotopic (exact) mass is 368 g/mol. The van der Waals surface area contributed by atoms with Crippen LogP contribution in [0.15, 0.2) is 52.7 Å². The predicted octanol–water partition coefficient (Wildman–Crippen LogP) is 7.09. The third-order valence-electron chi connectivity index (χ3n) is 4.39. The normalized spacial score (nSPS) is 11.0. The zero-order valence-corrected chi connectivity index (χ0v) is 16.1. The van der Waals surface area contributed by atoms with E-state index >= 15 is 0 Å². The van der Waals surface area contributed by atoms with Gasteiger partial charge in [-0.3, -0.25) is 10.1 Å². The molecule has 0 bridgehead atoms. The summed E-state index contributed by atoms with van der Waals surface area (Å²) in [4.78, 5) is 10.2. The quantitative estimate of drug-likeness (QED) is 0.199. The fourth-order valence-corrected chi connectivity index (χ4v) is 2.77. The zero-order chi connectivity index (χ0) is 19.5. The average Bonchev–Trinajstić information content (AvgIpc) is 2.67. The van der Waals surface area contributed by atoms with Gasteiger partial charge in [0.25, 0.3) is 5.69 Å². The smallest absolute Gasteiger partial charge is 0.269 e. The van der Waals surface area contributed by atoms with Crippen molar-refractivity contribution in [1.29, 1.82) is 0 Å². The molecule has 27 heavy (non-hydrogen) atoms. The van der Waals surface area contributed by atoms with Crippen LogP contribution in [0, 0.1) is 17.0 Å². The molecule has 6 heteroatoms. The number of nitrogens with one attached hydrogen (secondary N) is 1. The van der Waals surface area contributed by atoms with E-state index in [9.17, 15) is 10.1 Å². The largest absolute Gasteiger partial charge is 0.385 e. The molecule has 0 aromatic heterocycles. The molecule has 0 atom stereocenters. The van der Waals surface area contributed by atoms with Crippen LogP contribution in [0.3, 0.4) is 0 Å². The second kappa shape index (κ2) is 11.1. The maximum Gasteiger partial charge on any atom is 0.269 e. The summed E-state index contributed by atoms with van der Waals surface area (Å²) in [7, 11) is 0. The van der Waals surface area contributed by atoms with E-state index in [1.807, 2.05) is 19.1 Å². The van der Waals surface area contributed by atoms with Crippen molar-refractivity contribution in [2.45, 2.75) is 52.4 Å². The van der Waals surface area contributed by atoms with Gasteiger partial charge in [0, 0.05) is 24.4 Å². The van der Waals surface area contributed by atoms with Crippen molar-refractivity contribution in [3.8, 4) is 0 Å². The Morgan fingerprint density at radius 1 is 0.963 bits per heavy atom. The second-order valence-corrected chi connectivity index (χ2v) is 6.67. The Bertz CT molecular complexity index is 757. The highest BCUT2D eigenvalue weighted by atomic mass is 16.6. The van der Waals surface area contributed by atoms with Gasteiger partial charge >= 0.3 is 0 Å². The third-order valence-corrected chi connectivity index (χ3v) is 4.39. The van der Waals surface area contributed by atoms with Crippen molar-refractivity contribution in [3.63, 3.8) is 0 Å². The van der Waals surface area contributed by atoms with Gasteiger partial charge in [-0.1, -0.05) is 39.0 Å². The van der Waals surface area contributed by atoms with Crippen LogP contribution in [-0.4, -0.2) is 11.5 Å². The lowest BCUT2D eigenvalue weighted by atomic mass is 10.1. The minimum absolute atomic E-state index is 0.0471. The van der Waals surface area contributed by atoms with Crippen molar-refractivity contribution < 1.29 is 4.92 Å². The molecule has 0 heterocycles. The van der Waals surface area contributed by atoms with E-state index < -0.39 is 4.92 Å². The van der Waals surface area contributed by atoms with Gasteiger partial charge in [0.15, 0.2) is 0 Å². The molecule has 0 radical (unpaired) electrons. The van der Waals surface area contributed by atoms with Gasteiger partial charge in [-0.15, -0.1) is 0 Å². The minimum Gasteiger partial charge on any atom is -0.385 e. The van der Waals surface area contributed by atoms with Crippen molar-refractivity contribution in [3.05, 3.63) is 58.1 Å². The molecule has 2 rings (SSSR count). The maximum absolute atomic E-state index is 10.7. The van der Waals surface area contributed by atoms with Crippen LogP contribution in [0.25, 0.3) is 0 Å². The van der Waals surface area contributed by atoms with Crippen LogP contribution in [0.5, 0.6) is 0 Å². The molecular formula is C21H28N4O2. The van der Waals surface area contributed by atoms with Gasteiger partial charge in [0.05, 0.1) is 16.3 Å². The van der Waals surface area contributed by atoms with Gasteiger partial charge in [-0.2, -0.15) is 10.2 Å². The summed E-state index contributed by atoms with van der Waals surface area (Å²) in [6, 6.07) is 12.1. The first-order chi connectivity index (χ1) is 13.1. The third kappa shape index (κ3) is 7.17. The van der Waals surface area contributed by atoms with Crippen LogP contribution in [0.1, 0.15) is 51.0 Å². The van der Waals surface area contributed by atoms with Crippen molar-refractivity contribution >= 4 is 22.7 Å². The number of azo groups is 1. The lowest BCUT2D eigenvalue weighted by Gasteiger charge is -2.08. The number of non-ortho nitro benzene ring substituents is 1. The van der Waals surface area contributed by atoms with Gasteiger partial charge < -0.3 is 5.32 Å². The van der Waals surface area contributed by atoms with Gasteiger partial charge in [0.2, 0.25) is 0 Å². The van der Waals surface area contributed by atoms with E-state index in [0.29, 0.717) is 5.69 Å². The van der Waals surface area contributed by atoms with Crippen LogP contribution >= 0.6 is 0 Å². The topological polar surface area (TPSA) is 79.9 Å². The van der Waals surface area contributed by atoms with E-state index in [4.69, 9.17) is 0 Å². The molecule has 2 aromatic carbocycles. The predicted molar refractivity (Wildman–Crippen MR) is 110 cm³/mol. The summed E-state index contributed by atoms with van der Waals surface area (Å²) in [5, 5.41) is 22.5. The summed E-state index contributed by atoms with van der Waals surface area (Å²) in [6.45, 7) is 5.22. The first-order valence-electron chi connectivity index (χ1n) is 9.61. The Balaban J connectivity index is 1.84. The average molecular weight is 368 g/mol. The lowest BCUT2D eigenvalue weighted by molar-refractivity contribution is -0.384. The Morgan fingerprint density at radius 2 is 1.67 bits per heavy atom. The number of nitro benzene ring substituents is 1. The molecule has 0 unspecified atom stereocenters. The number of hydrogen-bond acceptors (Lipinski definition) is 5. The second-order valence-electron chi connectivity index (χ2n) is 6.67. The zero-order valence-electron chi connectivity index (χ0n) is 16.1. The number of nitrogens with zero attached hydrogens (tertiary/aromatic N) is 3. The van der Waals surface area contributed by atoms with E-state index in [0.717, 1.165) is 23.5 Å². The number of nitro groups is 1. The minimum atomic E-state index is -0.429. The van der Waals surface area contributed by atoms with Gasteiger partial charge in [0.1, 0.15) is 0 Å². The summed E-state index contributed by atoms with van der Waals surface area (Å²) in [5.74, 6) is 0. The highest BCUT2D eigenvalue weighted by Crippen LogP contribution is 2.25. The van der Waals surface area contributed by atoms with E-state index in [1.54, 1.807) is 12.1 Å². The van der Waals surface area contributed by atoms with Crippen molar-refractivity contribution in [2.75, 3.05) is 11.9 Å². The molecule has 0 aliphatic heterocycles. The van der Waals surface area contributed by atoms with Crippen LogP contribution in [-0.2, 0) is 0 Å². The first-order valence-corrected chi connectivity index (χ1v) is 9.61. The van der Waals surface area contributed by atoms with Crippen LogP contribution in [0.4, 0.5) is 22.7 Å². The molecule has 0 amide bonds. The molecule has 0 aliphatic rings. The number of aryl methyl sites for hydroxylation is 1. The number of hydrogen-bond donors (Lipinski definition) is 1. The van der Waals surface area contributed by atoms with Crippen molar-refractivity contribution in [2.24, 2.45) is 10.2 Å². The lowest BCUT2D eigenvalue weighted by Crippen LogP contribution is -2.01. The molecule has 144 valence electrons. The standard InChI is InChI=1S/C21H28N4O2/c1-3-4-5-6-7-8-15-22-19-11-14-21(17(2)16-19)24-23-18-9-12-20(13-10-18)25(26)27/h9-14,16,22H,3-8,15H2,1-2H3. The number of unbranched alkanes of at least 4 members (excludes halogenated alkanes) is 5. The summed E-state index contributed by atoms with van der Waals surface area (Å²) in [5.41, 5.74) is 3.55. The maximum atomic E-state index is 10.7. The van der Waals surface area contributed by atoms with E-state index in [-0.39, 0.29) is 5.69 Å². The highest BCUT2D eigenvalue weighted by Gasteiger charge is 2.04. The fraction of sp³-hybridized carbons (Fsp3) is 0.429. The van der Waals surface area contributed by atoms with E-state index in [1.165, 1.54) is 50.7 Å². The number of benzene rings is 2.